The van der Waals surface area contributed by atoms with Gasteiger partial charge in [0.15, 0.2) is 23.0 Å². The van der Waals surface area contributed by atoms with E-state index in [9.17, 15) is 20.4 Å². The Morgan fingerprint density at radius 3 is 1.05 bits per heavy atom. The van der Waals surface area contributed by atoms with Crippen LogP contribution >= 0.6 is 0 Å². The zero-order valence-electron chi connectivity index (χ0n) is 9.40. The van der Waals surface area contributed by atoms with Crippen LogP contribution in [0.5, 0.6) is 46.0 Å². The van der Waals surface area contributed by atoms with Gasteiger partial charge in [-0.15, -0.1) is 0 Å². The molecule has 0 heterocycles. The Labute approximate surface area is 106 Å². The second-order valence-corrected chi connectivity index (χ2v) is 3.73. The largest absolute Gasteiger partial charge is 0.508 e. The molecule has 7 nitrogen and oxygen atoms in total. The smallest absolute Gasteiger partial charge is 0.211 e. The zero-order chi connectivity index (χ0) is 14.2. The van der Waals surface area contributed by atoms with Crippen LogP contribution in [0.3, 0.4) is 0 Å². The van der Waals surface area contributed by atoms with Crippen molar-refractivity contribution < 1.29 is 35.4 Å². The minimum Gasteiger partial charge on any atom is -0.508 e. The van der Waals surface area contributed by atoms with Crippen molar-refractivity contribution in [2.24, 2.45) is 0 Å². The van der Waals surface area contributed by atoms with Crippen molar-refractivity contribution in [3.63, 3.8) is 0 Å². The highest BCUT2D eigenvalue weighted by Gasteiger charge is 2.18. The van der Waals surface area contributed by atoms with Crippen molar-refractivity contribution in [1.82, 2.24) is 0 Å². The van der Waals surface area contributed by atoms with Crippen LogP contribution in [0, 0.1) is 0 Å². The molecule has 100 valence electrons. The molecule has 6 N–H and O–H groups in total. The highest BCUT2D eigenvalue weighted by molar-refractivity contribution is 5.60. The molecule has 0 aliphatic heterocycles. The van der Waals surface area contributed by atoms with Crippen LogP contribution in [-0.4, -0.2) is 30.6 Å². The first-order valence-electron chi connectivity index (χ1n) is 5.06. The van der Waals surface area contributed by atoms with Gasteiger partial charge in [-0.3, -0.25) is 0 Å². The van der Waals surface area contributed by atoms with E-state index in [1.165, 1.54) is 0 Å². The van der Waals surface area contributed by atoms with Crippen molar-refractivity contribution in [2.45, 2.75) is 0 Å². The fraction of sp³-hybridized carbons (Fsp3) is 0. The quantitative estimate of drug-likeness (QED) is 0.487. The molecule has 0 saturated heterocycles. The number of hydrogen-bond acceptors (Lipinski definition) is 7. The van der Waals surface area contributed by atoms with E-state index < -0.39 is 34.5 Å². The second-order valence-electron chi connectivity index (χ2n) is 3.73. The molecule has 2 aromatic carbocycles. The maximum absolute atomic E-state index is 9.51. The topological polar surface area (TPSA) is 131 Å². The van der Waals surface area contributed by atoms with Crippen LogP contribution in [0.15, 0.2) is 24.3 Å². The Kier molecular flexibility index (Phi) is 2.88. The minimum atomic E-state index is -0.593. The van der Waals surface area contributed by atoms with Gasteiger partial charge in [-0.1, -0.05) is 0 Å². The molecule has 0 atom stereocenters. The third-order valence-corrected chi connectivity index (χ3v) is 2.27. The SMILES string of the molecule is Oc1cc(O)c(Oc2c(O)cc(O)cc2O)c(O)c1. The molecule has 7 heteroatoms. The highest BCUT2D eigenvalue weighted by Crippen LogP contribution is 2.47. The molecular formula is C12H10O7. The third-order valence-electron chi connectivity index (χ3n) is 2.27. The lowest BCUT2D eigenvalue weighted by atomic mass is 10.2. The molecule has 0 aromatic heterocycles. The molecule has 19 heavy (non-hydrogen) atoms. The molecule has 0 unspecified atom stereocenters. The van der Waals surface area contributed by atoms with Crippen molar-refractivity contribution in [3.8, 4) is 46.0 Å². The highest BCUT2D eigenvalue weighted by atomic mass is 16.5. The fourth-order valence-corrected chi connectivity index (χ4v) is 1.48. The predicted octanol–water partition coefficient (Wildman–Crippen LogP) is 1.71. The Bertz CT molecular complexity index is 534. The van der Waals surface area contributed by atoms with Crippen LogP contribution in [0.4, 0.5) is 0 Å². The molecule has 0 aliphatic rings. The summed E-state index contributed by atoms with van der Waals surface area (Å²) in [5.41, 5.74) is 0. The fourth-order valence-electron chi connectivity index (χ4n) is 1.48. The van der Waals surface area contributed by atoms with Crippen molar-refractivity contribution in [1.29, 1.82) is 0 Å². The summed E-state index contributed by atoms with van der Waals surface area (Å²) in [5, 5.41) is 56.3. The first-order chi connectivity index (χ1) is 8.88. The molecule has 2 aromatic rings. The maximum Gasteiger partial charge on any atom is 0.211 e. The first-order valence-corrected chi connectivity index (χ1v) is 5.06. The molecule has 0 radical (unpaired) electrons. The second kappa shape index (κ2) is 4.37. The van der Waals surface area contributed by atoms with E-state index in [1.54, 1.807) is 0 Å². The number of rotatable bonds is 2. The number of aromatic hydroxyl groups is 6. The van der Waals surface area contributed by atoms with Gasteiger partial charge in [0.05, 0.1) is 0 Å². The van der Waals surface area contributed by atoms with Crippen LogP contribution < -0.4 is 4.74 Å². The number of phenolic OH excluding ortho intramolecular Hbond substituents is 6. The Morgan fingerprint density at radius 2 is 0.789 bits per heavy atom. The van der Waals surface area contributed by atoms with Gasteiger partial charge >= 0.3 is 0 Å². The Morgan fingerprint density at radius 1 is 0.526 bits per heavy atom. The third kappa shape index (κ3) is 2.34. The number of hydrogen-bond donors (Lipinski definition) is 6. The molecule has 0 spiro atoms. The number of benzene rings is 2. The standard InChI is InChI=1S/C12H10O7/c13-5-1-7(15)11(8(16)2-5)19-12-9(17)3-6(14)4-10(12)18/h1-4,13-18H. The summed E-state index contributed by atoms with van der Waals surface area (Å²) in [5.74, 6) is -4.08. The summed E-state index contributed by atoms with van der Waals surface area (Å²) in [6, 6.07) is 3.63. The van der Waals surface area contributed by atoms with Gasteiger partial charge in [0.2, 0.25) is 11.5 Å². The van der Waals surface area contributed by atoms with Gasteiger partial charge in [-0.25, -0.2) is 0 Å². The van der Waals surface area contributed by atoms with Gasteiger partial charge in [0.1, 0.15) is 11.5 Å². The molecule has 0 bridgehead atoms. The van der Waals surface area contributed by atoms with Crippen molar-refractivity contribution in [2.75, 3.05) is 0 Å². The normalized spacial score (nSPS) is 10.3. The van der Waals surface area contributed by atoms with Gasteiger partial charge in [0.25, 0.3) is 0 Å². The molecule has 0 aliphatic carbocycles. The minimum absolute atomic E-state index is 0.387. The summed E-state index contributed by atoms with van der Waals surface area (Å²) < 4.78 is 4.99. The monoisotopic (exact) mass is 266 g/mol. The molecule has 0 saturated carbocycles. The Balaban J connectivity index is 2.48. The maximum atomic E-state index is 9.51. The van der Waals surface area contributed by atoms with Crippen LogP contribution in [-0.2, 0) is 0 Å². The zero-order valence-corrected chi connectivity index (χ0v) is 9.40. The summed E-state index contributed by atoms with van der Waals surface area (Å²) in [7, 11) is 0. The van der Waals surface area contributed by atoms with Crippen LogP contribution in [0.1, 0.15) is 0 Å². The van der Waals surface area contributed by atoms with E-state index in [2.05, 4.69) is 0 Å². The molecular weight excluding hydrogens is 256 g/mol. The van der Waals surface area contributed by atoms with E-state index in [-0.39, 0.29) is 11.5 Å². The lowest BCUT2D eigenvalue weighted by molar-refractivity contribution is 0.337. The van der Waals surface area contributed by atoms with E-state index in [0.29, 0.717) is 0 Å². The van der Waals surface area contributed by atoms with E-state index >= 15 is 0 Å². The van der Waals surface area contributed by atoms with Crippen molar-refractivity contribution >= 4 is 0 Å². The summed E-state index contributed by atoms with van der Waals surface area (Å²) in [6.07, 6.45) is 0. The molecule has 0 amide bonds. The molecule has 0 fully saturated rings. The van der Waals surface area contributed by atoms with Gasteiger partial charge < -0.3 is 35.4 Å². The summed E-state index contributed by atoms with van der Waals surface area (Å²) in [6.45, 7) is 0. The van der Waals surface area contributed by atoms with Gasteiger partial charge in [0, 0.05) is 24.3 Å². The van der Waals surface area contributed by atoms with E-state index in [0.717, 1.165) is 24.3 Å². The van der Waals surface area contributed by atoms with Crippen molar-refractivity contribution in [3.05, 3.63) is 24.3 Å². The van der Waals surface area contributed by atoms with Gasteiger partial charge in [-0.05, 0) is 0 Å². The molecule has 2 rings (SSSR count). The average Bonchev–Trinajstić information content (AvgIpc) is 2.25. The van der Waals surface area contributed by atoms with E-state index in [1.807, 2.05) is 0 Å². The summed E-state index contributed by atoms with van der Waals surface area (Å²) >= 11 is 0. The lowest BCUT2D eigenvalue weighted by Gasteiger charge is -2.12. The number of phenols is 6. The predicted molar refractivity (Wildman–Crippen MR) is 62.9 cm³/mol. The number of ether oxygens (including phenoxy) is 1. The first kappa shape index (κ1) is 12.5. The van der Waals surface area contributed by atoms with Gasteiger partial charge in [-0.2, -0.15) is 0 Å². The summed E-state index contributed by atoms with van der Waals surface area (Å²) in [4.78, 5) is 0. The Hall–Kier alpha value is -2.96. The van der Waals surface area contributed by atoms with E-state index in [4.69, 9.17) is 14.9 Å². The van der Waals surface area contributed by atoms with Crippen LogP contribution in [0.25, 0.3) is 0 Å². The average molecular weight is 266 g/mol. The van der Waals surface area contributed by atoms with Crippen LogP contribution in [0.2, 0.25) is 0 Å². The lowest BCUT2D eigenvalue weighted by Crippen LogP contribution is -1.87.